The van der Waals surface area contributed by atoms with E-state index in [-0.39, 0.29) is 5.75 Å². The van der Waals surface area contributed by atoms with Crippen molar-refractivity contribution in [2.24, 2.45) is 0 Å². The second-order valence-corrected chi connectivity index (χ2v) is 7.26. The van der Waals surface area contributed by atoms with Gasteiger partial charge in [-0.1, -0.05) is 19.1 Å². The van der Waals surface area contributed by atoms with Crippen LogP contribution in [0.3, 0.4) is 0 Å². The summed E-state index contributed by atoms with van der Waals surface area (Å²) in [5.41, 5.74) is 4.49. The fraction of sp³-hybridized carbons (Fsp3) is 0.300. The topological polar surface area (TPSA) is 96.5 Å². The van der Waals surface area contributed by atoms with Crippen LogP contribution in [0.2, 0.25) is 0 Å². The van der Waals surface area contributed by atoms with Crippen LogP contribution in [0.25, 0.3) is 16.6 Å². The fourth-order valence-electron chi connectivity index (χ4n) is 3.24. The quantitative estimate of drug-likeness (QED) is 0.447. The molecule has 0 aliphatic heterocycles. The van der Waals surface area contributed by atoms with Gasteiger partial charge in [-0.3, -0.25) is 0 Å². The van der Waals surface area contributed by atoms with E-state index in [0.717, 1.165) is 28.8 Å². The zero-order chi connectivity index (χ0) is 20.1. The molecule has 0 saturated carbocycles. The maximum absolute atomic E-state index is 11.7. The molecular formula is C20H22N4O3S. The van der Waals surface area contributed by atoms with Crippen LogP contribution in [-0.4, -0.2) is 38.3 Å². The van der Waals surface area contributed by atoms with Gasteiger partial charge in [0.05, 0.1) is 29.5 Å². The highest BCUT2D eigenvalue weighted by Crippen LogP contribution is 2.34. The minimum atomic E-state index is -2.67. The lowest BCUT2D eigenvalue weighted by atomic mass is 9.99. The third-order valence-electron chi connectivity index (χ3n) is 4.51. The van der Waals surface area contributed by atoms with Crippen molar-refractivity contribution in [3.8, 4) is 17.2 Å². The second-order valence-electron chi connectivity index (χ2n) is 6.28. The fourth-order valence-corrected chi connectivity index (χ4v) is 3.81. The molecule has 8 heteroatoms. The number of nitriles is 1. The molecule has 0 aliphatic carbocycles. The summed E-state index contributed by atoms with van der Waals surface area (Å²) >= 11 is 0. The maximum Gasteiger partial charge on any atom is 0.151 e. The van der Waals surface area contributed by atoms with E-state index >= 15 is 0 Å². The Hall–Kier alpha value is -2.89. The third-order valence-corrected chi connectivity index (χ3v) is 5.08. The van der Waals surface area contributed by atoms with Crippen LogP contribution in [0.4, 0.5) is 5.82 Å². The Morgan fingerprint density at radius 1 is 1.29 bits per heavy atom. The molecular weight excluding hydrogens is 376 g/mol. The molecule has 1 aromatic carbocycles. The zero-order valence-electron chi connectivity index (χ0n) is 15.8. The van der Waals surface area contributed by atoms with Gasteiger partial charge in [0.15, 0.2) is 5.82 Å². The van der Waals surface area contributed by atoms with Crippen LogP contribution in [0, 0.1) is 11.3 Å². The van der Waals surface area contributed by atoms with Crippen molar-refractivity contribution in [2.45, 2.75) is 19.1 Å². The van der Waals surface area contributed by atoms with Crippen molar-refractivity contribution in [3.63, 3.8) is 0 Å². The van der Waals surface area contributed by atoms with Gasteiger partial charge in [0.1, 0.15) is 10.7 Å². The summed E-state index contributed by atoms with van der Waals surface area (Å²) in [5, 5.41) is 17.2. The Morgan fingerprint density at radius 3 is 2.79 bits per heavy atom. The molecule has 0 atom stereocenters. The summed E-state index contributed by atoms with van der Waals surface area (Å²) in [4.78, 5) is 0. The monoisotopic (exact) mass is 398 g/mol. The summed E-state index contributed by atoms with van der Waals surface area (Å²) in [6.45, 7) is 3.01. The molecule has 0 saturated heterocycles. The smallest absolute Gasteiger partial charge is 0.151 e. The summed E-state index contributed by atoms with van der Waals surface area (Å²) in [7, 11) is -1.06. The molecule has 0 bridgehead atoms. The SMILES string of the molecule is CCc1ccc2c(-c3cccc(C#N)c3)c(C[SH](=O)=O)c(NCCOC)nn12. The number of hydrogen-bond donors (Lipinski definition) is 2. The number of anilines is 1. The Bertz CT molecular complexity index is 1100. The van der Waals surface area contributed by atoms with Crippen LogP contribution >= 0.6 is 0 Å². The number of rotatable bonds is 8. The number of hydrogen-bond acceptors (Lipinski definition) is 6. The first kappa shape index (κ1) is 19.9. The highest BCUT2D eigenvalue weighted by atomic mass is 32.2. The van der Waals surface area contributed by atoms with Gasteiger partial charge in [0, 0.05) is 30.5 Å². The standard InChI is InChI=1S/C20H22N4O3S/c1-3-16-7-8-18-19(15-6-4-5-14(11-15)12-21)17(13-28(25)26)20(23-24(16)18)22-9-10-27-2/h4-8,11,28H,3,9-10,13H2,1-2H3,(H,22,23). The van der Waals surface area contributed by atoms with Crippen LogP contribution in [0.1, 0.15) is 23.7 Å². The molecule has 2 heterocycles. The van der Waals surface area contributed by atoms with Crippen molar-refractivity contribution in [2.75, 3.05) is 25.6 Å². The molecule has 0 unspecified atom stereocenters. The Balaban J connectivity index is 2.33. The van der Waals surface area contributed by atoms with Gasteiger partial charge in [0.25, 0.3) is 0 Å². The van der Waals surface area contributed by atoms with Crippen LogP contribution in [-0.2, 0) is 27.6 Å². The molecule has 0 amide bonds. The van der Waals surface area contributed by atoms with Crippen molar-refractivity contribution in [1.82, 2.24) is 9.61 Å². The average molecular weight is 398 g/mol. The number of nitrogens with one attached hydrogen (secondary N) is 1. The van der Waals surface area contributed by atoms with Gasteiger partial charge in [-0.15, -0.1) is 5.10 Å². The van der Waals surface area contributed by atoms with Gasteiger partial charge in [-0.05, 0) is 36.2 Å². The zero-order valence-corrected chi connectivity index (χ0v) is 16.7. The first-order valence-corrected chi connectivity index (χ1v) is 10.3. The lowest BCUT2D eigenvalue weighted by molar-refractivity contribution is 0.210. The number of ether oxygens (including phenoxy) is 1. The number of thiol groups is 1. The van der Waals surface area contributed by atoms with E-state index in [0.29, 0.717) is 30.1 Å². The van der Waals surface area contributed by atoms with Gasteiger partial charge in [-0.2, -0.15) is 5.26 Å². The van der Waals surface area contributed by atoms with Crippen molar-refractivity contribution in [3.05, 3.63) is 53.2 Å². The largest absolute Gasteiger partial charge is 0.383 e. The summed E-state index contributed by atoms with van der Waals surface area (Å²) in [6.07, 6.45) is 0.783. The van der Waals surface area contributed by atoms with Crippen molar-refractivity contribution >= 4 is 22.0 Å². The molecule has 7 nitrogen and oxygen atoms in total. The van der Waals surface area contributed by atoms with Crippen molar-refractivity contribution in [1.29, 1.82) is 5.26 Å². The molecule has 1 N–H and O–H groups in total. The molecule has 3 rings (SSSR count). The normalized spacial score (nSPS) is 11.1. The Morgan fingerprint density at radius 2 is 2.11 bits per heavy atom. The second kappa shape index (κ2) is 8.87. The van der Waals surface area contributed by atoms with E-state index in [1.165, 1.54) is 0 Å². The van der Waals surface area contributed by atoms with Crippen LogP contribution in [0.5, 0.6) is 0 Å². The summed E-state index contributed by atoms with van der Waals surface area (Å²) < 4.78 is 30.2. The molecule has 2 aromatic heterocycles. The van der Waals surface area contributed by atoms with Gasteiger partial charge < -0.3 is 10.1 Å². The van der Waals surface area contributed by atoms with Crippen LogP contribution < -0.4 is 5.32 Å². The first-order valence-electron chi connectivity index (χ1n) is 8.97. The summed E-state index contributed by atoms with van der Waals surface area (Å²) in [6, 6.07) is 13.3. The Labute approximate surface area is 165 Å². The van der Waals surface area contributed by atoms with E-state index in [1.807, 2.05) is 29.6 Å². The molecule has 28 heavy (non-hydrogen) atoms. The minimum absolute atomic E-state index is 0.146. The third kappa shape index (κ3) is 4.01. The lowest BCUT2D eigenvalue weighted by Crippen LogP contribution is -2.14. The molecule has 0 radical (unpaired) electrons. The molecule has 3 aromatic rings. The van der Waals surface area contributed by atoms with E-state index in [1.54, 1.807) is 25.3 Å². The number of aromatic nitrogens is 2. The first-order chi connectivity index (χ1) is 13.6. The van der Waals surface area contributed by atoms with Gasteiger partial charge in [-0.25, -0.2) is 12.9 Å². The van der Waals surface area contributed by atoms with E-state index in [2.05, 4.69) is 16.5 Å². The summed E-state index contributed by atoms with van der Waals surface area (Å²) in [5.74, 6) is 0.361. The average Bonchev–Trinajstić information content (AvgIpc) is 3.10. The molecule has 146 valence electrons. The highest BCUT2D eigenvalue weighted by Gasteiger charge is 2.19. The predicted octanol–water partition coefficient (Wildman–Crippen LogP) is 2.61. The van der Waals surface area contributed by atoms with Gasteiger partial charge >= 0.3 is 0 Å². The number of benzene rings is 1. The van der Waals surface area contributed by atoms with E-state index in [9.17, 15) is 13.7 Å². The molecule has 0 fully saturated rings. The minimum Gasteiger partial charge on any atom is -0.383 e. The van der Waals surface area contributed by atoms with E-state index in [4.69, 9.17) is 4.74 Å². The van der Waals surface area contributed by atoms with Crippen LogP contribution in [0.15, 0.2) is 36.4 Å². The molecule has 0 spiro atoms. The van der Waals surface area contributed by atoms with E-state index < -0.39 is 10.7 Å². The maximum atomic E-state index is 11.7. The number of methoxy groups -OCH3 is 1. The highest BCUT2D eigenvalue weighted by molar-refractivity contribution is 7.71. The lowest BCUT2D eigenvalue weighted by Gasteiger charge is -2.17. The number of aryl methyl sites for hydroxylation is 1. The van der Waals surface area contributed by atoms with Gasteiger partial charge in [0.2, 0.25) is 0 Å². The molecule has 0 aliphatic rings. The number of fused-ring (bicyclic) bond motifs is 1. The predicted molar refractivity (Wildman–Crippen MR) is 109 cm³/mol. The Kier molecular flexibility index (Phi) is 6.29. The number of nitrogens with zero attached hydrogens (tertiary/aromatic N) is 3. The van der Waals surface area contributed by atoms with Crippen molar-refractivity contribution < 1.29 is 13.2 Å².